The maximum Gasteiger partial charge on any atom is 0.248 e. The first-order chi connectivity index (χ1) is 17.2. The molecule has 190 valence electrons. The van der Waals surface area contributed by atoms with E-state index >= 15 is 0 Å². The maximum absolute atomic E-state index is 13.1. The van der Waals surface area contributed by atoms with E-state index in [1.807, 2.05) is 37.3 Å². The number of ether oxygens (including phenoxy) is 1. The van der Waals surface area contributed by atoms with Crippen molar-refractivity contribution in [2.45, 2.75) is 37.8 Å². The summed E-state index contributed by atoms with van der Waals surface area (Å²) in [5, 5.41) is 10.0. The number of hydrogen-bond acceptors (Lipinski definition) is 7. The number of hydroxylamine groups is 1. The van der Waals surface area contributed by atoms with E-state index in [4.69, 9.17) is 9.94 Å². The first kappa shape index (κ1) is 25.5. The predicted octanol–water partition coefficient (Wildman–Crippen LogP) is 2.14. The number of para-hydroxylation sites is 1. The Morgan fingerprint density at radius 3 is 2.58 bits per heavy atom. The van der Waals surface area contributed by atoms with Gasteiger partial charge in [-0.15, -0.1) is 0 Å². The smallest absolute Gasteiger partial charge is 0.248 e. The van der Waals surface area contributed by atoms with Crippen molar-refractivity contribution < 1.29 is 28.0 Å². The van der Waals surface area contributed by atoms with Crippen molar-refractivity contribution in [1.29, 1.82) is 0 Å². The average Bonchev–Trinajstić information content (AvgIpc) is 2.86. The van der Waals surface area contributed by atoms with Gasteiger partial charge in [-0.05, 0) is 49.7 Å². The van der Waals surface area contributed by atoms with Crippen LogP contribution in [0.3, 0.4) is 0 Å². The Morgan fingerprint density at radius 1 is 1.17 bits per heavy atom. The standard InChI is InChI=1S/C25H28N4O6S/c1-16-13-18(21-5-3-4-6-23(21)26-16)15-35-19-7-9-20(10-8-19)36(33,34)28-24-14-29(17(2)30)12-11-22(24)25(31)27-32/h3-10,13,22,24,28,32H,11-12,14-15H2,1-2H3,(H,27,31). The van der Waals surface area contributed by atoms with Crippen LogP contribution in [0.5, 0.6) is 5.75 Å². The van der Waals surface area contributed by atoms with Crippen molar-refractivity contribution in [3.63, 3.8) is 0 Å². The van der Waals surface area contributed by atoms with Crippen LogP contribution in [-0.4, -0.2) is 54.5 Å². The van der Waals surface area contributed by atoms with Crippen molar-refractivity contribution in [2.75, 3.05) is 13.1 Å². The minimum Gasteiger partial charge on any atom is -0.489 e. The van der Waals surface area contributed by atoms with Gasteiger partial charge < -0.3 is 9.64 Å². The van der Waals surface area contributed by atoms with Gasteiger partial charge in [0.2, 0.25) is 21.8 Å². The molecule has 0 spiro atoms. The minimum absolute atomic E-state index is 0.0110. The summed E-state index contributed by atoms with van der Waals surface area (Å²) >= 11 is 0. The zero-order chi connectivity index (χ0) is 25.9. The molecule has 0 saturated carbocycles. The summed E-state index contributed by atoms with van der Waals surface area (Å²) in [7, 11) is -4.02. The van der Waals surface area contributed by atoms with E-state index in [9.17, 15) is 18.0 Å². The lowest BCUT2D eigenvalue weighted by atomic mass is 9.91. The van der Waals surface area contributed by atoms with Gasteiger partial charge in [0.25, 0.3) is 0 Å². The summed E-state index contributed by atoms with van der Waals surface area (Å²) in [6, 6.07) is 14.8. The van der Waals surface area contributed by atoms with E-state index in [-0.39, 0.29) is 30.4 Å². The molecule has 1 fully saturated rings. The van der Waals surface area contributed by atoms with Crippen molar-refractivity contribution >= 4 is 32.7 Å². The lowest BCUT2D eigenvalue weighted by Crippen LogP contribution is -2.57. The number of benzene rings is 2. The molecule has 0 radical (unpaired) electrons. The SMILES string of the molecule is CC(=O)N1CCC(C(=O)NO)C(NS(=O)(=O)c2ccc(OCc3cc(C)nc4ccccc34)cc2)C1. The molecule has 4 rings (SSSR count). The molecule has 3 N–H and O–H groups in total. The van der Waals surface area contributed by atoms with Gasteiger partial charge in [0.1, 0.15) is 12.4 Å². The van der Waals surface area contributed by atoms with E-state index in [0.717, 1.165) is 22.2 Å². The zero-order valence-electron chi connectivity index (χ0n) is 20.0. The second-order valence-electron chi connectivity index (χ2n) is 8.76. The van der Waals surface area contributed by atoms with Gasteiger partial charge in [0.05, 0.1) is 22.4 Å². The van der Waals surface area contributed by atoms with Crippen molar-refractivity contribution in [3.8, 4) is 5.75 Å². The number of aryl methyl sites for hydroxylation is 1. The Morgan fingerprint density at radius 2 is 1.89 bits per heavy atom. The van der Waals surface area contributed by atoms with Crippen molar-refractivity contribution in [3.05, 3.63) is 65.9 Å². The van der Waals surface area contributed by atoms with Crippen LogP contribution in [0.4, 0.5) is 0 Å². The molecule has 0 aliphatic carbocycles. The fraction of sp³-hybridized carbons (Fsp3) is 0.320. The number of carbonyl (C=O) groups is 2. The zero-order valence-corrected chi connectivity index (χ0v) is 20.8. The first-order valence-corrected chi connectivity index (χ1v) is 13.0. The number of hydrogen-bond donors (Lipinski definition) is 3. The van der Waals surface area contributed by atoms with Gasteiger partial charge in [-0.25, -0.2) is 18.6 Å². The van der Waals surface area contributed by atoms with Gasteiger partial charge in [-0.1, -0.05) is 18.2 Å². The number of nitrogens with zero attached hydrogens (tertiary/aromatic N) is 2. The number of aromatic nitrogens is 1. The highest BCUT2D eigenvalue weighted by Gasteiger charge is 2.37. The molecule has 10 nitrogen and oxygen atoms in total. The molecule has 11 heteroatoms. The van der Waals surface area contributed by atoms with Crippen LogP contribution in [-0.2, 0) is 26.2 Å². The molecule has 36 heavy (non-hydrogen) atoms. The lowest BCUT2D eigenvalue weighted by Gasteiger charge is -2.37. The molecule has 2 unspecified atom stereocenters. The highest BCUT2D eigenvalue weighted by Crippen LogP contribution is 2.24. The molecule has 1 saturated heterocycles. The summed E-state index contributed by atoms with van der Waals surface area (Å²) < 4.78 is 34.5. The van der Waals surface area contributed by atoms with Crippen LogP contribution in [0.25, 0.3) is 10.9 Å². The Kier molecular flexibility index (Phi) is 7.53. The molecular formula is C25H28N4O6S. The van der Waals surface area contributed by atoms with E-state index in [1.165, 1.54) is 24.0 Å². The number of likely N-dealkylation sites (tertiary alicyclic amines) is 1. The van der Waals surface area contributed by atoms with Gasteiger partial charge in [-0.2, -0.15) is 0 Å². The number of piperidine rings is 1. The number of nitrogens with one attached hydrogen (secondary N) is 2. The number of pyridine rings is 1. The van der Waals surface area contributed by atoms with Crippen molar-refractivity contribution in [2.24, 2.45) is 5.92 Å². The summed E-state index contributed by atoms with van der Waals surface area (Å²) in [6.07, 6.45) is 0.217. The van der Waals surface area contributed by atoms with Crippen LogP contribution in [0.15, 0.2) is 59.5 Å². The monoisotopic (exact) mass is 512 g/mol. The highest BCUT2D eigenvalue weighted by atomic mass is 32.2. The Labute approximate surface area is 209 Å². The third kappa shape index (κ3) is 5.64. The Balaban J connectivity index is 1.47. The number of carbonyl (C=O) groups excluding carboxylic acids is 2. The van der Waals surface area contributed by atoms with E-state index < -0.39 is 27.9 Å². The number of fused-ring (bicyclic) bond motifs is 1. The number of amides is 2. The molecule has 2 aromatic carbocycles. The third-order valence-electron chi connectivity index (χ3n) is 6.27. The van der Waals surface area contributed by atoms with Crippen LogP contribution in [0.1, 0.15) is 24.6 Å². The summed E-state index contributed by atoms with van der Waals surface area (Å²) in [6.45, 7) is 3.90. The quantitative estimate of drug-likeness (QED) is 0.326. The van der Waals surface area contributed by atoms with Crippen LogP contribution in [0, 0.1) is 12.8 Å². The third-order valence-corrected chi connectivity index (χ3v) is 7.78. The predicted molar refractivity (Wildman–Crippen MR) is 132 cm³/mol. The molecule has 0 bridgehead atoms. The molecule has 1 aromatic heterocycles. The summed E-state index contributed by atoms with van der Waals surface area (Å²) in [5.41, 5.74) is 4.31. The Bertz CT molecular complexity index is 1380. The van der Waals surface area contributed by atoms with Crippen LogP contribution < -0.4 is 14.9 Å². The normalized spacial score (nSPS) is 18.1. The second kappa shape index (κ2) is 10.6. The number of rotatable bonds is 7. The average molecular weight is 513 g/mol. The van der Waals surface area contributed by atoms with Gasteiger partial charge in [0, 0.05) is 36.7 Å². The second-order valence-corrected chi connectivity index (χ2v) is 10.5. The first-order valence-electron chi connectivity index (χ1n) is 11.5. The molecule has 1 aliphatic rings. The van der Waals surface area contributed by atoms with Crippen molar-refractivity contribution in [1.82, 2.24) is 20.1 Å². The van der Waals surface area contributed by atoms with Crippen LogP contribution >= 0.6 is 0 Å². The van der Waals surface area contributed by atoms with Gasteiger partial charge in [-0.3, -0.25) is 19.8 Å². The lowest BCUT2D eigenvalue weighted by molar-refractivity contribution is -0.139. The fourth-order valence-electron chi connectivity index (χ4n) is 4.41. The van der Waals surface area contributed by atoms with Crippen LogP contribution in [0.2, 0.25) is 0 Å². The number of sulfonamides is 1. The summed E-state index contributed by atoms with van der Waals surface area (Å²) in [4.78, 5) is 29.9. The fourth-order valence-corrected chi connectivity index (χ4v) is 5.68. The molecular weight excluding hydrogens is 484 g/mol. The molecule has 2 atom stereocenters. The highest BCUT2D eigenvalue weighted by molar-refractivity contribution is 7.89. The largest absolute Gasteiger partial charge is 0.489 e. The minimum atomic E-state index is -4.02. The molecule has 2 amide bonds. The molecule has 1 aliphatic heterocycles. The Hall–Kier alpha value is -3.54. The maximum atomic E-state index is 13.1. The topological polar surface area (TPSA) is 138 Å². The van der Waals surface area contributed by atoms with Gasteiger partial charge >= 0.3 is 0 Å². The van der Waals surface area contributed by atoms with E-state index in [2.05, 4.69) is 9.71 Å². The summed E-state index contributed by atoms with van der Waals surface area (Å²) in [5.74, 6) is -1.25. The van der Waals surface area contributed by atoms with Gasteiger partial charge in [0.15, 0.2) is 0 Å². The van der Waals surface area contributed by atoms with E-state index in [1.54, 1.807) is 17.6 Å². The van der Waals surface area contributed by atoms with E-state index in [0.29, 0.717) is 12.3 Å². The molecule has 3 aromatic rings. The molecule has 2 heterocycles.